The number of para-hydroxylation sites is 1. The van der Waals surface area contributed by atoms with Crippen molar-refractivity contribution in [1.29, 1.82) is 0 Å². The molecule has 5 nitrogen and oxygen atoms in total. The van der Waals surface area contributed by atoms with Gasteiger partial charge in [-0.25, -0.2) is 4.98 Å². The maximum atomic E-state index is 10.4. The summed E-state index contributed by atoms with van der Waals surface area (Å²) in [6, 6.07) is 5.03. The molecule has 0 amide bonds. The molecule has 0 fully saturated rings. The second-order valence-electron chi connectivity index (χ2n) is 2.34. The fraction of sp³-hybridized carbons (Fsp3) is 0. The van der Waals surface area contributed by atoms with Gasteiger partial charge in [-0.15, -0.1) is 0 Å². The molecule has 0 aliphatic carbocycles. The average molecular weight is 197 g/mol. The molecule has 2 rings (SSSR count). The molecule has 1 N–H and O–H groups in total. The predicted octanol–water partition coefficient (Wildman–Crippen LogP) is 1.03. The Labute approximate surface area is 76.2 Å². The summed E-state index contributed by atoms with van der Waals surface area (Å²) in [7, 11) is 0. The van der Waals surface area contributed by atoms with E-state index in [-0.39, 0.29) is 0 Å². The van der Waals surface area contributed by atoms with Crippen LogP contribution in [0.25, 0.3) is 11.1 Å². The molecule has 2 aromatic rings. The second-order valence-corrected chi connectivity index (χ2v) is 3.02. The number of rotatable bonds is 2. The van der Waals surface area contributed by atoms with Gasteiger partial charge in [0.2, 0.25) is 0 Å². The topological polar surface area (TPSA) is 78.2 Å². The molecule has 1 aromatic heterocycles. The summed E-state index contributed by atoms with van der Waals surface area (Å²) in [6.07, 6.45) is 1.27. The number of hydrogen-bond acceptors (Lipinski definition) is 4. The van der Waals surface area contributed by atoms with Gasteiger partial charge < -0.3 is 13.7 Å². The molecule has 0 saturated heterocycles. The predicted molar refractivity (Wildman–Crippen MR) is 46.6 cm³/mol. The first-order valence-electron chi connectivity index (χ1n) is 3.45. The maximum Gasteiger partial charge on any atom is 0.182 e. The Balaban J connectivity index is 2.54. The molecule has 68 valence electrons. The first kappa shape index (κ1) is 8.21. The van der Waals surface area contributed by atoms with E-state index in [4.69, 9.17) is 4.42 Å². The molecule has 1 unspecified atom stereocenters. The summed E-state index contributed by atoms with van der Waals surface area (Å²) in [4.78, 5) is 3.88. The zero-order valence-corrected chi connectivity index (χ0v) is 7.21. The van der Waals surface area contributed by atoms with Crippen molar-refractivity contribution in [2.45, 2.75) is 0 Å². The van der Waals surface area contributed by atoms with E-state index in [0.717, 1.165) is 0 Å². The van der Waals surface area contributed by atoms with Crippen LogP contribution in [0.5, 0.6) is 0 Å². The van der Waals surface area contributed by atoms with Gasteiger partial charge in [0.15, 0.2) is 12.0 Å². The Kier molecular flexibility index (Phi) is 1.99. The van der Waals surface area contributed by atoms with Crippen molar-refractivity contribution in [3.05, 3.63) is 24.6 Å². The van der Waals surface area contributed by atoms with Gasteiger partial charge in [-0.1, -0.05) is 6.07 Å². The number of aromatic nitrogens is 1. The van der Waals surface area contributed by atoms with Gasteiger partial charge in [0.25, 0.3) is 0 Å². The molecule has 6 heteroatoms. The highest BCUT2D eigenvalue weighted by Crippen LogP contribution is 2.21. The van der Waals surface area contributed by atoms with Crippen molar-refractivity contribution in [2.24, 2.45) is 0 Å². The maximum absolute atomic E-state index is 10.4. The van der Waals surface area contributed by atoms with Crippen molar-refractivity contribution in [3.8, 4) is 0 Å². The van der Waals surface area contributed by atoms with Crippen LogP contribution in [0.4, 0.5) is 5.69 Å². The minimum Gasteiger partial charge on any atom is -0.755 e. The molecule has 0 radical (unpaired) electrons. The SMILES string of the molecule is O=S([O-])Nc1cccc2ncoc12. The molecule has 0 bridgehead atoms. The highest BCUT2D eigenvalue weighted by Gasteiger charge is 2.03. The first-order chi connectivity index (χ1) is 6.27. The monoisotopic (exact) mass is 197 g/mol. The summed E-state index contributed by atoms with van der Waals surface area (Å²) in [6.45, 7) is 0. The quantitative estimate of drug-likeness (QED) is 0.729. The lowest BCUT2D eigenvalue weighted by atomic mass is 10.3. The van der Waals surface area contributed by atoms with Gasteiger partial charge in [-0.2, -0.15) is 0 Å². The van der Waals surface area contributed by atoms with E-state index in [9.17, 15) is 8.76 Å². The number of oxazole rings is 1. The fourth-order valence-electron chi connectivity index (χ4n) is 1.06. The van der Waals surface area contributed by atoms with Crippen LogP contribution in [-0.4, -0.2) is 13.7 Å². The molecule has 0 saturated carbocycles. The lowest BCUT2D eigenvalue weighted by molar-refractivity contribution is 0.542. The number of fused-ring (bicyclic) bond motifs is 1. The van der Waals surface area contributed by atoms with Crippen LogP contribution >= 0.6 is 0 Å². The summed E-state index contributed by atoms with van der Waals surface area (Å²) in [5.74, 6) is 0. The van der Waals surface area contributed by atoms with E-state index < -0.39 is 11.3 Å². The van der Waals surface area contributed by atoms with Crippen LogP contribution in [0.15, 0.2) is 29.0 Å². The normalized spacial score (nSPS) is 13.0. The molecule has 1 heterocycles. The third kappa shape index (κ3) is 1.53. The standard InChI is InChI=1S/C7H6N2O3S/c10-13(11)9-6-3-1-2-5-7(6)12-4-8-5/h1-4,9H,(H,10,11)/p-1. The Hall–Kier alpha value is -1.40. The van der Waals surface area contributed by atoms with Gasteiger partial charge in [-0.3, -0.25) is 4.21 Å². The van der Waals surface area contributed by atoms with Crippen LogP contribution < -0.4 is 4.72 Å². The van der Waals surface area contributed by atoms with E-state index in [1.165, 1.54) is 6.39 Å². The number of nitrogens with zero attached hydrogens (tertiary/aromatic N) is 1. The van der Waals surface area contributed by atoms with Gasteiger partial charge in [0.1, 0.15) is 5.52 Å². The van der Waals surface area contributed by atoms with Crippen LogP contribution in [0, 0.1) is 0 Å². The lowest BCUT2D eigenvalue weighted by Gasteiger charge is -2.07. The second kappa shape index (κ2) is 3.15. The molecular weight excluding hydrogens is 192 g/mol. The smallest absolute Gasteiger partial charge is 0.182 e. The van der Waals surface area contributed by atoms with Crippen molar-refractivity contribution in [2.75, 3.05) is 4.72 Å². The van der Waals surface area contributed by atoms with E-state index in [0.29, 0.717) is 16.8 Å². The van der Waals surface area contributed by atoms with Gasteiger partial charge in [0.05, 0.1) is 5.69 Å². The molecule has 1 atom stereocenters. The van der Waals surface area contributed by atoms with Crippen molar-refractivity contribution >= 4 is 28.1 Å². The summed E-state index contributed by atoms with van der Waals surface area (Å²) in [5.41, 5.74) is 1.45. The van der Waals surface area contributed by atoms with E-state index in [1.54, 1.807) is 18.2 Å². The van der Waals surface area contributed by atoms with Crippen molar-refractivity contribution in [3.63, 3.8) is 0 Å². The minimum atomic E-state index is -2.34. The van der Waals surface area contributed by atoms with Crippen LogP contribution in [0.3, 0.4) is 0 Å². The number of benzene rings is 1. The van der Waals surface area contributed by atoms with Crippen molar-refractivity contribution < 1.29 is 13.2 Å². The van der Waals surface area contributed by atoms with Gasteiger partial charge in [0, 0.05) is 11.3 Å². The molecule has 13 heavy (non-hydrogen) atoms. The summed E-state index contributed by atoms with van der Waals surface area (Å²) in [5, 5.41) is 0. The molecular formula is C7H5N2O3S-. The minimum absolute atomic E-state index is 0.392. The zero-order chi connectivity index (χ0) is 9.26. The van der Waals surface area contributed by atoms with Crippen LogP contribution in [-0.2, 0) is 11.3 Å². The third-order valence-electron chi connectivity index (χ3n) is 1.55. The average Bonchev–Trinajstić information content (AvgIpc) is 2.51. The first-order valence-corrected chi connectivity index (χ1v) is 4.53. The Bertz CT molecular complexity index is 454. The highest BCUT2D eigenvalue weighted by atomic mass is 32.2. The van der Waals surface area contributed by atoms with E-state index >= 15 is 0 Å². The highest BCUT2D eigenvalue weighted by molar-refractivity contribution is 7.80. The number of anilines is 1. The van der Waals surface area contributed by atoms with E-state index in [1.807, 2.05) is 0 Å². The Morgan fingerprint density at radius 1 is 1.54 bits per heavy atom. The molecule has 0 aliphatic heterocycles. The Morgan fingerprint density at radius 2 is 2.38 bits per heavy atom. The Morgan fingerprint density at radius 3 is 3.15 bits per heavy atom. The largest absolute Gasteiger partial charge is 0.755 e. The van der Waals surface area contributed by atoms with Gasteiger partial charge >= 0.3 is 0 Å². The van der Waals surface area contributed by atoms with Crippen LogP contribution in [0.1, 0.15) is 0 Å². The number of hydrogen-bond donors (Lipinski definition) is 1. The molecule has 0 aliphatic rings. The molecule has 0 spiro atoms. The summed E-state index contributed by atoms with van der Waals surface area (Å²) >= 11 is -2.34. The number of nitrogens with one attached hydrogen (secondary N) is 1. The van der Waals surface area contributed by atoms with Gasteiger partial charge in [-0.05, 0) is 12.1 Å². The van der Waals surface area contributed by atoms with Crippen LogP contribution in [0.2, 0.25) is 0 Å². The third-order valence-corrected chi connectivity index (χ3v) is 1.94. The van der Waals surface area contributed by atoms with Crippen molar-refractivity contribution in [1.82, 2.24) is 4.98 Å². The summed E-state index contributed by atoms with van der Waals surface area (Å²) < 4.78 is 27.9. The fourth-order valence-corrected chi connectivity index (χ4v) is 1.40. The van der Waals surface area contributed by atoms with E-state index in [2.05, 4.69) is 9.71 Å². The lowest BCUT2D eigenvalue weighted by Crippen LogP contribution is -2.01. The molecule has 1 aromatic carbocycles. The zero-order valence-electron chi connectivity index (χ0n) is 6.39.